The smallest absolute Gasteiger partial charge is 0.300 e. The highest BCUT2D eigenvalue weighted by molar-refractivity contribution is 5.90. The first-order valence-corrected chi connectivity index (χ1v) is 5.27. The van der Waals surface area contributed by atoms with E-state index < -0.39 is 17.5 Å². The number of carbonyl (C=O) groups excluding carboxylic acids is 1. The molecule has 0 radical (unpaired) electrons. The van der Waals surface area contributed by atoms with Crippen molar-refractivity contribution in [3.8, 4) is 5.75 Å². The average Bonchev–Trinajstić information content (AvgIpc) is 2.88. The molecule has 0 bridgehead atoms. The number of furan rings is 1. The molecular formula is C12H10F2N2O3. The van der Waals surface area contributed by atoms with E-state index in [1.54, 1.807) is 0 Å². The van der Waals surface area contributed by atoms with Crippen molar-refractivity contribution in [2.75, 3.05) is 0 Å². The highest BCUT2D eigenvalue weighted by Gasteiger charge is 2.11. The molecule has 0 aliphatic rings. The highest BCUT2D eigenvalue weighted by atomic mass is 19.1. The summed E-state index contributed by atoms with van der Waals surface area (Å²) < 4.78 is 36.3. The van der Waals surface area contributed by atoms with E-state index in [4.69, 9.17) is 15.0 Å². The van der Waals surface area contributed by atoms with Gasteiger partial charge >= 0.3 is 5.91 Å². The average molecular weight is 268 g/mol. The minimum absolute atomic E-state index is 0.000754. The largest absolute Gasteiger partial charge is 0.482 e. The minimum Gasteiger partial charge on any atom is -0.482 e. The molecule has 19 heavy (non-hydrogen) atoms. The summed E-state index contributed by atoms with van der Waals surface area (Å²) in [6, 6.07) is 5.73. The van der Waals surface area contributed by atoms with Gasteiger partial charge in [0, 0.05) is 6.07 Å². The molecule has 0 aliphatic heterocycles. The summed E-state index contributed by atoms with van der Waals surface area (Å²) in [4.78, 5) is 11.1. The number of hydrazine groups is 1. The molecule has 0 saturated carbocycles. The van der Waals surface area contributed by atoms with Crippen LogP contribution < -0.4 is 16.0 Å². The summed E-state index contributed by atoms with van der Waals surface area (Å²) in [6.07, 6.45) is 0. The van der Waals surface area contributed by atoms with Crippen LogP contribution in [0.1, 0.15) is 16.3 Å². The SMILES string of the molecule is NNC(=O)c1ccc(COc2cc(F)ccc2F)o1. The van der Waals surface area contributed by atoms with Gasteiger partial charge in [-0.2, -0.15) is 0 Å². The highest BCUT2D eigenvalue weighted by Crippen LogP contribution is 2.19. The second-order valence-corrected chi connectivity index (χ2v) is 3.60. The molecule has 100 valence electrons. The van der Waals surface area contributed by atoms with Gasteiger partial charge in [-0.1, -0.05) is 0 Å². The van der Waals surface area contributed by atoms with Crippen molar-refractivity contribution in [1.29, 1.82) is 0 Å². The number of rotatable bonds is 4. The van der Waals surface area contributed by atoms with Gasteiger partial charge in [0.15, 0.2) is 17.3 Å². The number of nitrogens with two attached hydrogens (primary N) is 1. The zero-order chi connectivity index (χ0) is 13.8. The summed E-state index contributed by atoms with van der Waals surface area (Å²) in [7, 11) is 0. The molecule has 2 aromatic rings. The Morgan fingerprint density at radius 2 is 2.11 bits per heavy atom. The summed E-state index contributed by atoms with van der Waals surface area (Å²) in [6.45, 7) is -0.141. The van der Waals surface area contributed by atoms with Crippen LogP contribution in [0.3, 0.4) is 0 Å². The predicted octanol–water partition coefficient (Wildman–Crippen LogP) is 1.74. The van der Waals surface area contributed by atoms with Gasteiger partial charge in [0.25, 0.3) is 0 Å². The summed E-state index contributed by atoms with van der Waals surface area (Å²) in [5.41, 5.74) is 1.90. The van der Waals surface area contributed by atoms with Gasteiger partial charge in [-0.25, -0.2) is 14.6 Å². The van der Waals surface area contributed by atoms with Crippen molar-refractivity contribution < 1.29 is 22.7 Å². The number of ether oxygens (including phenoxy) is 1. The number of carbonyl (C=O) groups is 1. The van der Waals surface area contributed by atoms with Crippen LogP contribution in [-0.2, 0) is 6.61 Å². The standard InChI is InChI=1S/C12H10F2N2O3/c13-7-1-3-9(14)11(5-7)18-6-8-2-4-10(19-8)12(17)16-15/h1-5H,6,15H2,(H,16,17). The van der Waals surface area contributed by atoms with Gasteiger partial charge in [-0.3, -0.25) is 10.2 Å². The maximum Gasteiger partial charge on any atom is 0.300 e. The van der Waals surface area contributed by atoms with Gasteiger partial charge in [-0.15, -0.1) is 0 Å². The lowest BCUT2D eigenvalue weighted by molar-refractivity contribution is 0.0921. The Morgan fingerprint density at radius 1 is 1.32 bits per heavy atom. The lowest BCUT2D eigenvalue weighted by Crippen LogP contribution is -2.29. The molecule has 0 saturated heterocycles. The lowest BCUT2D eigenvalue weighted by Gasteiger charge is -2.05. The molecule has 1 heterocycles. The quantitative estimate of drug-likeness (QED) is 0.503. The Hall–Kier alpha value is -2.41. The van der Waals surface area contributed by atoms with E-state index in [0.29, 0.717) is 0 Å². The third kappa shape index (κ3) is 3.08. The summed E-state index contributed by atoms with van der Waals surface area (Å²) in [5, 5.41) is 0. The van der Waals surface area contributed by atoms with Crippen LogP contribution in [-0.4, -0.2) is 5.91 Å². The number of nitrogen functional groups attached to an aromatic ring is 1. The second-order valence-electron chi connectivity index (χ2n) is 3.60. The molecule has 2 rings (SSSR count). The van der Waals surface area contributed by atoms with E-state index in [-0.39, 0.29) is 23.9 Å². The maximum absolute atomic E-state index is 13.3. The van der Waals surface area contributed by atoms with Gasteiger partial charge < -0.3 is 9.15 Å². The first-order valence-electron chi connectivity index (χ1n) is 5.27. The fourth-order valence-corrected chi connectivity index (χ4v) is 1.39. The second kappa shape index (κ2) is 5.49. The monoisotopic (exact) mass is 268 g/mol. The van der Waals surface area contributed by atoms with Crippen molar-refractivity contribution in [3.63, 3.8) is 0 Å². The third-order valence-corrected chi connectivity index (χ3v) is 2.28. The molecule has 0 atom stereocenters. The van der Waals surface area contributed by atoms with Crippen molar-refractivity contribution in [2.45, 2.75) is 6.61 Å². The van der Waals surface area contributed by atoms with Crippen molar-refractivity contribution >= 4 is 5.91 Å². The molecule has 1 aromatic carbocycles. The first kappa shape index (κ1) is 13.0. The zero-order valence-corrected chi connectivity index (χ0v) is 9.65. The van der Waals surface area contributed by atoms with E-state index >= 15 is 0 Å². The fourth-order valence-electron chi connectivity index (χ4n) is 1.39. The molecule has 0 aliphatic carbocycles. The third-order valence-electron chi connectivity index (χ3n) is 2.28. The van der Waals surface area contributed by atoms with Crippen LogP contribution >= 0.6 is 0 Å². The Balaban J connectivity index is 2.04. The molecule has 1 amide bonds. The summed E-state index contributed by atoms with van der Waals surface area (Å²) >= 11 is 0. The minimum atomic E-state index is -0.687. The molecular weight excluding hydrogens is 258 g/mol. The Bertz CT molecular complexity index is 598. The topological polar surface area (TPSA) is 77.5 Å². The van der Waals surface area contributed by atoms with Gasteiger partial charge in [0.1, 0.15) is 18.2 Å². The van der Waals surface area contributed by atoms with Gasteiger partial charge in [0.2, 0.25) is 0 Å². The van der Waals surface area contributed by atoms with E-state index in [0.717, 1.165) is 18.2 Å². The molecule has 7 heteroatoms. The fraction of sp³-hybridized carbons (Fsp3) is 0.0833. The number of hydrogen-bond acceptors (Lipinski definition) is 4. The number of amides is 1. The van der Waals surface area contributed by atoms with E-state index in [1.165, 1.54) is 12.1 Å². The van der Waals surface area contributed by atoms with Crippen LogP contribution in [0, 0.1) is 11.6 Å². The van der Waals surface area contributed by atoms with Gasteiger partial charge in [0.05, 0.1) is 0 Å². The van der Waals surface area contributed by atoms with E-state index in [2.05, 4.69) is 0 Å². The van der Waals surface area contributed by atoms with Crippen LogP contribution in [0.5, 0.6) is 5.75 Å². The molecule has 0 spiro atoms. The van der Waals surface area contributed by atoms with Crippen LogP contribution in [0.4, 0.5) is 8.78 Å². The van der Waals surface area contributed by atoms with Crippen molar-refractivity contribution in [3.05, 3.63) is 53.5 Å². The van der Waals surface area contributed by atoms with E-state index in [9.17, 15) is 13.6 Å². The van der Waals surface area contributed by atoms with Crippen LogP contribution in [0.25, 0.3) is 0 Å². The Morgan fingerprint density at radius 3 is 2.84 bits per heavy atom. The predicted molar refractivity (Wildman–Crippen MR) is 61.1 cm³/mol. The molecule has 1 aromatic heterocycles. The van der Waals surface area contributed by atoms with Crippen LogP contribution in [0.2, 0.25) is 0 Å². The van der Waals surface area contributed by atoms with E-state index in [1.807, 2.05) is 5.43 Å². The number of benzene rings is 1. The maximum atomic E-state index is 13.3. The van der Waals surface area contributed by atoms with Crippen molar-refractivity contribution in [1.82, 2.24) is 5.43 Å². The number of hydrogen-bond donors (Lipinski definition) is 2. The van der Waals surface area contributed by atoms with Crippen LogP contribution in [0.15, 0.2) is 34.7 Å². The number of nitrogens with one attached hydrogen (secondary N) is 1. The summed E-state index contributed by atoms with van der Waals surface area (Å²) in [5.74, 6) is 3.09. The molecule has 0 unspecified atom stereocenters. The molecule has 5 nitrogen and oxygen atoms in total. The lowest BCUT2D eigenvalue weighted by atomic mass is 10.3. The van der Waals surface area contributed by atoms with Crippen molar-refractivity contribution in [2.24, 2.45) is 5.84 Å². The zero-order valence-electron chi connectivity index (χ0n) is 9.65. The first-order chi connectivity index (χ1) is 9.10. The molecule has 0 fully saturated rings. The Kier molecular flexibility index (Phi) is 3.76. The normalized spacial score (nSPS) is 10.3. The Labute approximate surface area is 106 Å². The molecule has 3 N–H and O–H groups in total. The number of halogens is 2. The van der Waals surface area contributed by atoms with Gasteiger partial charge in [-0.05, 0) is 24.3 Å².